The van der Waals surface area contributed by atoms with E-state index >= 15 is 0 Å². The zero-order chi connectivity index (χ0) is 17.4. The third kappa shape index (κ3) is 3.61. The second-order valence-corrected chi connectivity index (χ2v) is 8.66. The lowest BCUT2D eigenvalue weighted by atomic mass is 9.93. The molecule has 1 amide bonds. The lowest BCUT2D eigenvalue weighted by molar-refractivity contribution is -0.125. The maximum atomic E-state index is 13.9. The van der Waals surface area contributed by atoms with Gasteiger partial charge in [0.05, 0.1) is 12.6 Å². The molecule has 2 N–H and O–H groups in total. The Labute approximate surface area is 152 Å². The fourth-order valence-electron chi connectivity index (χ4n) is 3.42. The first-order chi connectivity index (χ1) is 11.3. The van der Waals surface area contributed by atoms with E-state index < -0.39 is 32.4 Å². The molecule has 1 aromatic rings. The summed E-state index contributed by atoms with van der Waals surface area (Å²) in [5.41, 5.74) is 0.548. The maximum absolute atomic E-state index is 13.9. The number of carbonyl (C=O) groups excluding carboxylic acids is 1. The lowest BCUT2D eigenvalue weighted by Crippen LogP contribution is -2.57. The number of fused-ring (bicyclic) bond motifs is 1. The molecule has 140 valence electrons. The summed E-state index contributed by atoms with van der Waals surface area (Å²) in [6.07, 6.45) is 2.05. The van der Waals surface area contributed by atoms with Crippen molar-refractivity contribution in [3.8, 4) is 5.75 Å². The molecule has 1 fully saturated rings. The van der Waals surface area contributed by atoms with E-state index in [0.717, 1.165) is 6.26 Å². The van der Waals surface area contributed by atoms with E-state index in [9.17, 15) is 17.6 Å². The van der Waals surface area contributed by atoms with E-state index in [1.54, 1.807) is 12.1 Å². The molecule has 2 heterocycles. The fourth-order valence-corrected chi connectivity index (χ4v) is 4.76. The van der Waals surface area contributed by atoms with Crippen molar-refractivity contribution in [3.05, 3.63) is 29.6 Å². The largest absolute Gasteiger partial charge is 0.490 e. The second kappa shape index (κ2) is 7.47. The topological polar surface area (TPSA) is 84.5 Å². The highest BCUT2D eigenvalue weighted by Crippen LogP contribution is 2.35. The molecule has 0 bridgehead atoms. The Morgan fingerprint density at radius 3 is 2.68 bits per heavy atom. The summed E-state index contributed by atoms with van der Waals surface area (Å²) in [4.78, 5) is 12.9. The van der Waals surface area contributed by atoms with Gasteiger partial charge in [-0.3, -0.25) is 4.79 Å². The summed E-state index contributed by atoms with van der Waals surface area (Å²) >= 11 is 0. The molecular weight excluding hydrogens is 371 g/mol. The number of sulfone groups is 1. The number of halogens is 2. The minimum Gasteiger partial charge on any atom is -0.490 e. The number of para-hydroxylation sites is 1. The molecular formula is C16H22ClFN2O4S. The van der Waals surface area contributed by atoms with Crippen LogP contribution in [0.25, 0.3) is 0 Å². The van der Waals surface area contributed by atoms with Gasteiger partial charge in [0.2, 0.25) is 5.91 Å². The quantitative estimate of drug-likeness (QED) is 0.811. The Bertz CT molecular complexity index is 751. The minimum absolute atomic E-state index is 0. The number of nitrogens with one attached hydrogen (secondary N) is 2. The average Bonchev–Trinajstić information content (AvgIpc) is 2.55. The second-order valence-electron chi connectivity index (χ2n) is 6.34. The number of hydrogen-bond donors (Lipinski definition) is 2. The van der Waals surface area contributed by atoms with Gasteiger partial charge in [-0.1, -0.05) is 12.1 Å². The summed E-state index contributed by atoms with van der Waals surface area (Å²) in [6.45, 7) is 1.21. The number of carbonyl (C=O) groups is 1. The summed E-state index contributed by atoms with van der Waals surface area (Å²) in [7, 11) is -3.58. The number of ether oxygens (including phenoxy) is 1. The number of hydrogen-bond acceptors (Lipinski definition) is 5. The standard InChI is InChI=1S/C16H21FN2O4S.ClH/c1-24(21,22)16(6-8-18-9-7-16)15(20)19-13-5-10-23-14-11(13)3-2-4-12(14)17;/h2-4,13,18H,5-10H2,1H3,(H,19,20);1H/t13-;/m1./s1. The number of amides is 1. The third-order valence-electron chi connectivity index (χ3n) is 4.87. The average molecular weight is 393 g/mol. The monoisotopic (exact) mass is 392 g/mol. The highest BCUT2D eigenvalue weighted by atomic mass is 35.5. The van der Waals surface area contributed by atoms with E-state index in [1.165, 1.54) is 6.07 Å². The van der Waals surface area contributed by atoms with Crippen LogP contribution >= 0.6 is 12.4 Å². The molecule has 1 saturated heterocycles. The van der Waals surface area contributed by atoms with Crippen LogP contribution < -0.4 is 15.4 Å². The first-order valence-corrected chi connectivity index (χ1v) is 9.87. The summed E-state index contributed by atoms with van der Waals surface area (Å²) in [5.74, 6) is -0.854. The molecule has 0 unspecified atom stereocenters. The normalized spacial score (nSPS) is 22.1. The van der Waals surface area contributed by atoms with Gasteiger partial charge in [0.1, 0.15) is 0 Å². The fraction of sp³-hybridized carbons (Fsp3) is 0.562. The molecule has 2 aliphatic heterocycles. The Morgan fingerprint density at radius 1 is 1.36 bits per heavy atom. The smallest absolute Gasteiger partial charge is 0.242 e. The van der Waals surface area contributed by atoms with Gasteiger partial charge in [0.15, 0.2) is 26.2 Å². The number of benzene rings is 1. The molecule has 0 aliphatic carbocycles. The molecule has 0 saturated carbocycles. The van der Waals surface area contributed by atoms with Crippen molar-refractivity contribution in [1.82, 2.24) is 10.6 Å². The van der Waals surface area contributed by atoms with Crippen molar-refractivity contribution < 1.29 is 22.3 Å². The first kappa shape index (κ1) is 19.9. The highest BCUT2D eigenvalue weighted by Gasteiger charge is 2.49. The Morgan fingerprint density at radius 2 is 2.04 bits per heavy atom. The van der Waals surface area contributed by atoms with Gasteiger partial charge >= 0.3 is 0 Å². The van der Waals surface area contributed by atoms with E-state index in [4.69, 9.17) is 4.74 Å². The molecule has 25 heavy (non-hydrogen) atoms. The highest BCUT2D eigenvalue weighted by molar-refractivity contribution is 7.92. The molecule has 9 heteroatoms. The van der Waals surface area contributed by atoms with Crippen molar-refractivity contribution in [1.29, 1.82) is 0 Å². The Kier molecular flexibility index (Phi) is 5.96. The number of piperidine rings is 1. The Balaban J connectivity index is 0.00000225. The minimum atomic E-state index is -3.58. The zero-order valence-corrected chi connectivity index (χ0v) is 15.5. The third-order valence-corrected chi connectivity index (χ3v) is 6.88. The van der Waals surface area contributed by atoms with E-state index in [0.29, 0.717) is 25.1 Å². The van der Waals surface area contributed by atoms with Crippen molar-refractivity contribution in [2.75, 3.05) is 26.0 Å². The Hall–Kier alpha value is -1.38. The van der Waals surface area contributed by atoms with Crippen LogP contribution in [0, 0.1) is 5.82 Å². The van der Waals surface area contributed by atoms with Gasteiger partial charge in [0.25, 0.3) is 0 Å². The molecule has 1 aromatic carbocycles. The van der Waals surface area contributed by atoms with E-state index in [1.807, 2.05) is 0 Å². The van der Waals surface area contributed by atoms with Gasteiger partial charge in [-0.15, -0.1) is 12.4 Å². The van der Waals surface area contributed by atoms with Crippen LogP contribution in [0.5, 0.6) is 5.75 Å². The van der Waals surface area contributed by atoms with Crippen LogP contribution in [0.3, 0.4) is 0 Å². The maximum Gasteiger partial charge on any atom is 0.242 e. The van der Waals surface area contributed by atoms with Gasteiger partial charge in [-0.25, -0.2) is 12.8 Å². The van der Waals surface area contributed by atoms with Crippen LogP contribution in [0.15, 0.2) is 18.2 Å². The van der Waals surface area contributed by atoms with Crippen LogP contribution in [0.1, 0.15) is 30.9 Å². The van der Waals surface area contributed by atoms with Crippen molar-refractivity contribution >= 4 is 28.2 Å². The van der Waals surface area contributed by atoms with Gasteiger partial charge in [0, 0.05) is 18.2 Å². The molecule has 0 aromatic heterocycles. The molecule has 3 rings (SSSR count). The molecule has 0 radical (unpaired) electrons. The first-order valence-electron chi connectivity index (χ1n) is 7.98. The summed E-state index contributed by atoms with van der Waals surface area (Å²) in [6, 6.07) is 4.09. The van der Waals surface area contributed by atoms with Gasteiger partial charge < -0.3 is 15.4 Å². The van der Waals surface area contributed by atoms with Crippen LogP contribution in [-0.4, -0.2) is 45.0 Å². The van der Waals surface area contributed by atoms with Crippen LogP contribution in [0.2, 0.25) is 0 Å². The van der Waals surface area contributed by atoms with E-state index in [2.05, 4.69) is 10.6 Å². The van der Waals surface area contributed by atoms with E-state index in [-0.39, 0.29) is 37.6 Å². The van der Waals surface area contributed by atoms with Gasteiger partial charge in [-0.05, 0) is 32.0 Å². The lowest BCUT2D eigenvalue weighted by Gasteiger charge is -2.36. The predicted molar refractivity (Wildman–Crippen MR) is 94.3 cm³/mol. The summed E-state index contributed by atoms with van der Waals surface area (Å²) in [5, 5.41) is 5.91. The van der Waals surface area contributed by atoms with Crippen molar-refractivity contribution in [2.24, 2.45) is 0 Å². The SMILES string of the molecule is CS(=O)(=O)C1(C(=O)N[C@@H]2CCOc3c(F)cccc32)CCNCC1.Cl. The number of rotatable bonds is 3. The van der Waals surface area contributed by atoms with Crippen LogP contribution in [0.4, 0.5) is 4.39 Å². The van der Waals surface area contributed by atoms with Gasteiger partial charge in [-0.2, -0.15) is 0 Å². The molecule has 1 atom stereocenters. The molecule has 0 spiro atoms. The van der Waals surface area contributed by atoms with Crippen LogP contribution in [-0.2, 0) is 14.6 Å². The zero-order valence-electron chi connectivity index (χ0n) is 13.9. The molecule has 6 nitrogen and oxygen atoms in total. The van der Waals surface area contributed by atoms with Crippen molar-refractivity contribution in [3.63, 3.8) is 0 Å². The summed E-state index contributed by atoms with van der Waals surface area (Å²) < 4.78 is 42.4. The van der Waals surface area contributed by atoms with Crippen molar-refractivity contribution in [2.45, 2.75) is 30.1 Å². The molecule has 2 aliphatic rings. The predicted octanol–water partition coefficient (Wildman–Crippen LogP) is 1.35.